The van der Waals surface area contributed by atoms with E-state index in [1.807, 2.05) is 47.4 Å². The van der Waals surface area contributed by atoms with Gasteiger partial charge in [0.25, 0.3) is 0 Å². The van der Waals surface area contributed by atoms with Crippen LogP contribution in [0.25, 0.3) is 22.2 Å². The van der Waals surface area contributed by atoms with E-state index >= 15 is 0 Å². The zero-order chi connectivity index (χ0) is 14.1. The van der Waals surface area contributed by atoms with Gasteiger partial charge in [0, 0.05) is 22.7 Å². The molecule has 21 heavy (non-hydrogen) atoms. The average Bonchev–Trinajstić information content (AvgIpc) is 3.14. The number of nitrogens with one attached hydrogen (secondary N) is 1. The summed E-state index contributed by atoms with van der Waals surface area (Å²) in [6, 6.07) is 18.5. The van der Waals surface area contributed by atoms with Gasteiger partial charge < -0.3 is 4.98 Å². The van der Waals surface area contributed by atoms with Crippen molar-refractivity contribution in [2.24, 2.45) is 0 Å². The summed E-state index contributed by atoms with van der Waals surface area (Å²) in [6.45, 7) is 0.732. The number of nitrogens with zero attached hydrogens (tertiary/aromatic N) is 3. The number of hydrogen-bond donors (Lipinski definition) is 1. The van der Waals surface area contributed by atoms with Gasteiger partial charge in [-0.2, -0.15) is 0 Å². The van der Waals surface area contributed by atoms with Crippen molar-refractivity contribution in [2.75, 3.05) is 0 Å². The molecule has 2 aromatic carbocycles. The normalized spacial score (nSPS) is 11.0. The molecule has 0 bridgehead atoms. The second-order valence-electron chi connectivity index (χ2n) is 5.03. The first kappa shape index (κ1) is 11.9. The summed E-state index contributed by atoms with van der Waals surface area (Å²) >= 11 is 0. The van der Waals surface area contributed by atoms with Crippen LogP contribution in [0.1, 0.15) is 5.56 Å². The lowest BCUT2D eigenvalue weighted by Gasteiger charge is -1.99. The molecule has 2 heterocycles. The Morgan fingerprint density at radius 1 is 0.952 bits per heavy atom. The molecule has 4 heteroatoms. The van der Waals surface area contributed by atoms with Crippen molar-refractivity contribution in [2.45, 2.75) is 6.54 Å². The summed E-state index contributed by atoms with van der Waals surface area (Å²) in [7, 11) is 0. The Bertz CT molecular complexity index is 874. The molecule has 0 spiro atoms. The molecule has 0 aliphatic heterocycles. The molecule has 102 valence electrons. The highest BCUT2D eigenvalue weighted by Crippen LogP contribution is 2.26. The summed E-state index contributed by atoms with van der Waals surface area (Å²) in [5.41, 5.74) is 4.31. The minimum Gasteiger partial charge on any atom is -0.360 e. The highest BCUT2D eigenvalue weighted by atomic mass is 15.4. The number of fused-ring (bicyclic) bond motifs is 1. The maximum atomic E-state index is 4.30. The van der Waals surface area contributed by atoms with Gasteiger partial charge in [-0.1, -0.05) is 53.7 Å². The van der Waals surface area contributed by atoms with Gasteiger partial charge in [-0.25, -0.2) is 4.68 Å². The van der Waals surface area contributed by atoms with Crippen LogP contribution in [-0.4, -0.2) is 20.0 Å². The molecule has 4 nitrogen and oxygen atoms in total. The number of para-hydroxylation sites is 1. The number of H-pyrrole nitrogens is 1. The van der Waals surface area contributed by atoms with Gasteiger partial charge in [-0.3, -0.25) is 0 Å². The van der Waals surface area contributed by atoms with Crippen molar-refractivity contribution >= 4 is 10.9 Å². The van der Waals surface area contributed by atoms with Crippen molar-refractivity contribution in [1.29, 1.82) is 0 Å². The molecule has 0 aliphatic carbocycles. The molecule has 0 saturated carbocycles. The number of rotatable bonds is 3. The smallest absolute Gasteiger partial charge is 0.115 e. The number of aromatic nitrogens is 4. The van der Waals surface area contributed by atoms with Crippen LogP contribution in [0.4, 0.5) is 0 Å². The van der Waals surface area contributed by atoms with Gasteiger partial charge >= 0.3 is 0 Å². The van der Waals surface area contributed by atoms with Crippen LogP contribution >= 0.6 is 0 Å². The molecular formula is C17H14N4. The summed E-state index contributed by atoms with van der Waals surface area (Å²) in [6.07, 6.45) is 3.98. The Balaban J connectivity index is 1.68. The highest BCUT2D eigenvalue weighted by Gasteiger charge is 2.09. The van der Waals surface area contributed by atoms with Gasteiger partial charge in [0.1, 0.15) is 5.69 Å². The Labute approximate surface area is 122 Å². The summed E-state index contributed by atoms with van der Waals surface area (Å²) in [5, 5.41) is 9.70. The molecule has 0 saturated heterocycles. The second-order valence-corrected chi connectivity index (χ2v) is 5.03. The molecule has 0 radical (unpaired) electrons. The number of aromatic amines is 1. The lowest BCUT2D eigenvalue weighted by molar-refractivity contribution is 0.650. The molecular weight excluding hydrogens is 260 g/mol. The fraction of sp³-hybridized carbons (Fsp3) is 0.0588. The molecule has 0 fully saturated rings. The Morgan fingerprint density at radius 2 is 1.76 bits per heavy atom. The van der Waals surface area contributed by atoms with Crippen LogP contribution in [0.5, 0.6) is 0 Å². The fourth-order valence-electron chi connectivity index (χ4n) is 2.55. The molecule has 2 aromatic heterocycles. The molecule has 0 aliphatic rings. The van der Waals surface area contributed by atoms with Crippen molar-refractivity contribution < 1.29 is 0 Å². The molecule has 1 N–H and O–H groups in total. The predicted molar refractivity (Wildman–Crippen MR) is 82.9 cm³/mol. The van der Waals surface area contributed by atoms with Gasteiger partial charge in [0.05, 0.1) is 12.7 Å². The van der Waals surface area contributed by atoms with Gasteiger partial charge in [0.2, 0.25) is 0 Å². The van der Waals surface area contributed by atoms with Gasteiger partial charge in [-0.05, 0) is 11.6 Å². The molecule has 0 atom stereocenters. The first-order valence-corrected chi connectivity index (χ1v) is 6.91. The zero-order valence-corrected chi connectivity index (χ0v) is 11.4. The first-order chi connectivity index (χ1) is 10.4. The van der Waals surface area contributed by atoms with Gasteiger partial charge in [0.15, 0.2) is 0 Å². The summed E-state index contributed by atoms with van der Waals surface area (Å²) in [5.74, 6) is 0. The van der Waals surface area contributed by atoms with Crippen molar-refractivity contribution in [3.8, 4) is 11.3 Å². The fourth-order valence-corrected chi connectivity index (χ4v) is 2.55. The third-order valence-electron chi connectivity index (χ3n) is 3.59. The van der Waals surface area contributed by atoms with Crippen LogP contribution in [0.3, 0.4) is 0 Å². The SMILES string of the molecule is c1ccc(Cn2cc(-c3c[nH]c4ccccc34)nn2)cc1. The van der Waals surface area contributed by atoms with Crippen LogP contribution in [0.15, 0.2) is 67.0 Å². The van der Waals surface area contributed by atoms with Crippen molar-refractivity contribution in [1.82, 2.24) is 20.0 Å². The van der Waals surface area contributed by atoms with Gasteiger partial charge in [-0.15, -0.1) is 5.10 Å². The highest BCUT2D eigenvalue weighted by molar-refractivity contribution is 5.94. The standard InChI is InChI=1S/C17H14N4/c1-2-6-13(7-3-1)11-21-12-17(19-20-21)15-10-18-16-9-5-4-8-14(15)16/h1-10,12,18H,11H2. The summed E-state index contributed by atoms with van der Waals surface area (Å²) in [4.78, 5) is 3.27. The number of benzene rings is 2. The van der Waals surface area contributed by atoms with Crippen LogP contribution < -0.4 is 0 Å². The Hall–Kier alpha value is -2.88. The maximum absolute atomic E-state index is 4.30. The largest absolute Gasteiger partial charge is 0.360 e. The van der Waals surface area contributed by atoms with E-state index in [0.29, 0.717) is 0 Å². The van der Waals surface area contributed by atoms with E-state index in [2.05, 4.69) is 39.6 Å². The molecule has 0 amide bonds. The maximum Gasteiger partial charge on any atom is 0.115 e. The Morgan fingerprint density at radius 3 is 2.67 bits per heavy atom. The molecule has 4 rings (SSSR count). The zero-order valence-electron chi connectivity index (χ0n) is 11.4. The minimum atomic E-state index is 0.732. The first-order valence-electron chi connectivity index (χ1n) is 6.91. The molecule has 4 aromatic rings. The second kappa shape index (κ2) is 4.90. The minimum absolute atomic E-state index is 0.732. The van der Waals surface area contributed by atoms with E-state index in [-0.39, 0.29) is 0 Å². The van der Waals surface area contributed by atoms with E-state index in [4.69, 9.17) is 0 Å². The van der Waals surface area contributed by atoms with Crippen LogP contribution in [-0.2, 0) is 6.54 Å². The molecule has 0 unspecified atom stereocenters. The van der Waals surface area contributed by atoms with E-state index in [1.54, 1.807) is 0 Å². The third kappa shape index (κ3) is 2.21. The van der Waals surface area contributed by atoms with Crippen LogP contribution in [0, 0.1) is 0 Å². The van der Waals surface area contributed by atoms with Crippen molar-refractivity contribution in [3.05, 3.63) is 72.6 Å². The summed E-state index contributed by atoms with van der Waals surface area (Å²) < 4.78 is 1.87. The number of hydrogen-bond acceptors (Lipinski definition) is 2. The van der Waals surface area contributed by atoms with E-state index in [9.17, 15) is 0 Å². The average molecular weight is 274 g/mol. The third-order valence-corrected chi connectivity index (χ3v) is 3.59. The lowest BCUT2D eigenvalue weighted by atomic mass is 10.1. The Kier molecular flexibility index (Phi) is 2.78. The van der Waals surface area contributed by atoms with Crippen LogP contribution in [0.2, 0.25) is 0 Å². The van der Waals surface area contributed by atoms with E-state index in [0.717, 1.165) is 23.3 Å². The van der Waals surface area contributed by atoms with E-state index < -0.39 is 0 Å². The predicted octanol–water partition coefficient (Wildman–Crippen LogP) is 3.47. The van der Waals surface area contributed by atoms with E-state index in [1.165, 1.54) is 10.9 Å². The van der Waals surface area contributed by atoms with Crippen molar-refractivity contribution in [3.63, 3.8) is 0 Å². The topological polar surface area (TPSA) is 46.5 Å². The monoisotopic (exact) mass is 274 g/mol. The quantitative estimate of drug-likeness (QED) is 0.621. The lowest BCUT2D eigenvalue weighted by Crippen LogP contribution is -1.99.